The van der Waals surface area contributed by atoms with Crippen molar-refractivity contribution in [3.05, 3.63) is 0 Å². The molecule has 0 fully saturated rings. The molecule has 0 rings (SSSR count). The summed E-state index contributed by atoms with van der Waals surface area (Å²) in [6.07, 6.45) is 0.855. The van der Waals surface area contributed by atoms with E-state index < -0.39 is 54.5 Å². The fourth-order valence-electron chi connectivity index (χ4n) is 2.41. The number of rotatable bonds is 12. The number of aliphatic hydroxyl groups excluding tert-OH is 1. The number of hydrogen-bond donors (Lipinski definition) is 6. The average Bonchev–Trinajstić information content (AvgIpc) is 2.62. The van der Waals surface area contributed by atoms with Crippen LogP contribution in [-0.2, 0) is 19.2 Å². The van der Waals surface area contributed by atoms with Crippen LogP contribution in [0.15, 0.2) is 0 Å². The Bertz CT molecular complexity index is 554. The van der Waals surface area contributed by atoms with Gasteiger partial charge in [0, 0.05) is 0 Å². The summed E-state index contributed by atoms with van der Waals surface area (Å²) >= 11 is 0. The summed E-state index contributed by atoms with van der Waals surface area (Å²) in [4.78, 5) is 48.1. The number of nitrogens with one attached hydrogen (secondary N) is 3. The molecule has 0 heterocycles. The van der Waals surface area contributed by atoms with Crippen molar-refractivity contribution in [2.24, 2.45) is 17.6 Å². The van der Waals surface area contributed by atoms with Crippen LogP contribution in [0.2, 0.25) is 0 Å². The molecular formula is C18H34N4O6. The van der Waals surface area contributed by atoms with Crippen LogP contribution in [0.3, 0.4) is 0 Å². The van der Waals surface area contributed by atoms with E-state index >= 15 is 0 Å². The van der Waals surface area contributed by atoms with Crippen LogP contribution < -0.4 is 21.7 Å². The van der Waals surface area contributed by atoms with Gasteiger partial charge in [0.1, 0.15) is 24.2 Å². The zero-order chi connectivity index (χ0) is 22.0. The Morgan fingerprint density at radius 2 is 1.50 bits per heavy atom. The van der Waals surface area contributed by atoms with Crippen molar-refractivity contribution in [1.82, 2.24) is 16.0 Å². The first-order valence-electron chi connectivity index (χ1n) is 9.44. The Hall–Kier alpha value is -2.20. The molecule has 3 amide bonds. The smallest absolute Gasteiger partial charge is 0.326 e. The van der Waals surface area contributed by atoms with E-state index in [2.05, 4.69) is 16.0 Å². The molecule has 0 aliphatic heterocycles. The lowest BCUT2D eigenvalue weighted by molar-refractivity contribution is -0.144. The summed E-state index contributed by atoms with van der Waals surface area (Å²) in [6, 6.07) is -4.16. The summed E-state index contributed by atoms with van der Waals surface area (Å²) in [5, 5.41) is 25.6. The molecule has 0 saturated carbocycles. The second-order valence-corrected chi connectivity index (χ2v) is 7.42. The lowest BCUT2D eigenvalue weighted by Crippen LogP contribution is -2.57. The highest BCUT2D eigenvalue weighted by molar-refractivity contribution is 5.93. The van der Waals surface area contributed by atoms with Gasteiger partial charge in [-0.25, -0.2) is 4.79 Å². The van der Waals surface area contributed by atoms with Crippen LogP contribution in [0.4, 0.5) is 0 Å². The number of carboxylic acids is 1. The normalized spacial score (nSPS) is 16.4. The fraction of sp³-hybridized carbons (Fsp3) is 0.778. The molecule has 28 heavy (non-hydrogen) atoms. The second kappa shape index (κ2) is 12.3. The van der Waals surface area contributed by atoms with E-state index in [0.29, 0.717) is 12.8 Å². The summed E-state index contributed by atoms with van der Waals surface area (Å²) in [7, 11) is 0. The zero-order valence-electron chi connectivity index (χ0n) is 17.2. The van der Waals surface area contributed by atoms with Crippen molar-refractivity contribution in [1.29, 1.82) is 0 Å². The highest BCUT2D eigenvalue weighted by Crippen LogP contribution is 2.10. The van der Waals surface area contributed by atoms with E-state index in [1.165, 1.54) is 6.92 Å². The van der Waals surface area contributed by atoms with Crippen molar-refractivity contribution < 1.29 is 29.4 Å². The molecule has 0 aromatic rings. The van der Waals surface area contributed by atoms with Gasteiger partial charge in [0.2, 0.25) is 17.7 Å². The Morgan fingerprint density at radius 1 is 0.929 bits per heavy atom. The number of amides is 3. The van der Waals surface area contributed by atoms with Crippen molar-refractivity contribution >= 4 is 23.7 Å². The third-order valence-electron chi connectivity index (χ3n) is 4.40. The number of carboxylic acid groups (broad SMARTS) is 1. The molecule has 0 radical (unpaired) electrons. The minimum absolute atomic E-state index is 0.0515. The van der Waals surface area contributed by atoms with E-state index in [0.717, 1.165) is 0 Å². The van der Waals surface area contributed by atoms with Gasteiger partial charge in [0.15, 0.2) is 0 Å². The van der Waals surface area contributed by atoms with Crippen LogP contribution in [0.5, 0.6) is 0 Å². The molecule has 0 bridgehead atoms. The van der Waals surface area contributed by atoms with Gasteiger partial charge in [0.05, 0.1) is 6.61 Å². The Morgan fingerprint density at radius 3 is 1.93 bits per heavy atom. The number of aliphatic hydroxyl groups is 1. The monoisotopic (exact) mass is 402 g/mol. The lowest BCUT2D eigenvalue weighted by Gasteiger charge is -2.26. The van der Waals surface area contributed by atoms with Gasteiger partial charge in [-0.05, 0) is 25.2 Å². The third kappa shape index (κ3) is 8.66. The quantitative estimate of drug-likeness (QED) is 0.242. The van der Waals surface area contributed by atoms with Crippen molar-refractivity contribution in [2.45, 2.75) is 71.6 Å². The van der Waals surface area contributed by atoms with E-state index in [9.17, 15) is 24.3 Å². The lowest BCUT2D eigenvalue weighted by atomic mass is 9.97. The number of hydrogen-bond acceptors (Lipinski definition) is 6. The number of aliphatic carboxylic acids is 1. The summed E-state index contributed by atoms with van der Waals surface area (Å²) in [5.74, 6) is -3.28. The summed E-state index contributed by atoms with van der Waals surface area (Å²) in [5.41, 5.74) is 5.39. The molecule has 5 unspecified atom stereocenters. The maximum atomic E-state index is 12.6. The molecule has 0 aliphatic carbocycles. The van der Waals surface area contributed by atoms with Crippen LogP contribution in [-0.4, -0.2) is 64.7 Å². The van der Waals surface area contributed by atoms with E-state index in [1.54, 1.807) is 6.92 Å². The predicted octanol–water partition coefficient (Wildman–Crippen LogP) is -1.04. The first kappa shape index (κ1) is 25.8. The van der Waals surface area contributed by atoms with Crippen molar-refractivity contribution in [2.75, 3.05) is 6.61 Å². The third-order valence-corrected chi connectivity index (χ3v) is 4.40. The van der Waals surface area contributed by atoms with Crippen LogP contribution in [0, 0.1) is 11.8 Å². The summed E-state index contributed by atoms with van der Waals surface area (Å²) in [6.45, 7) is 8.12. The van der Waals surface area contributed by atoms with Gasteiger partial charge in [-0.1, -0.05) is 34.1 Å². The molecular weight excluding hydrogens is 368 g/mol. The van der Waals surface area contributed by atoms with Gasteiger partial charge in [-0.15, -0.1) is 0 Å². The van der Waals surface area contributed by atoms with Crippen LogP contribution in [0.25, 0.3) is 0 Å². The SMILES string of the molecule is CCC(C)C(NC(=O)C(CC(C)C)NC(=O)C(C)NC(=O)C(N)CO)C(=O)O. The number of carbonyl (C=O) groups is 4. The minimum atomic E-state index is -1.16. The molecule has 5 atom stereocenters. The highest BCUT2D eigenvalue weighted by Gasteiger charge is 2.31. The Labute approximate surface area is 165 Å². The predicted molar refractivity (Wildman–Crippen MR) is 103 cm³/mol. The maximum Gasteiger partial charge on any atom is 0.326 e. The van der Waals surface area contributed by atoms with E-state index in [4.69, 9.17) is 10.8 Å². The fourth-order valence-corrected chi connectivity index (χ4v) is 2.41. The first-order valence-corrected chi connectivity index (χ1v) is 9.44. The minimum Gasteiger partial charge on any atom is -0.480 e. The standard InChI is InChI=1S/C18H34N4O6/c1-6-10(4)14(18(27)28)22-17(26)13(7-9(2)3)21-15(24)11(5)20-16(25)12(19)8-23/h9-14,23H,6-8,19H2,1-5H3,(H,20,25)(H,21,24)(H,22,26)(H,27,28). The molecule has 0 aromatic heterocycles. The maximum absolute atomic E-state index is 12.6. The molecule has 7 N–H and O–H groups in total. The number of nitrogens with two attached hydrogens (primary N) is 1. The Balaban J connectivity index is 5.15. The molecule has 0 aromatic carbocycles. The van der Waals surface area contributed by atoms with Gasteiger partial charge < -0.3 is 31.9 Å². The van der Waals surface area contributed by atoms with Gasteiger partial charge in [0.25, 0.3) is 0 Å². The molecule has 10 heteroatoms. The Kier molecular flexibility index (Phi) is 11.3. The highest BCUT2D eigenvalue weighted by atomic mass is 16.4. The molecule has 10 nitrogen and oxygen atoms in total. The van der Waals surface area contributed by atoms with Crippen molar-refractivity contribution in [3.8, 4) is 0 Å². The van der Waals surface area contributed by atoms with Gasteiger partial charge in [-0.3, -0.25) is 14.4 Å². The second-order valence-electron chi connectivity index (χ2n) is 7.42. The van der Waals surface area contributed by atoms with Crippen LogP contribution in [0.1, 0.15) is 47.5 Å². The first-order chi connectivity index (χ1) is 12.9. The topological polar surface area (TPSA) is 171 Å². The number of carbonyl (C=O) groups excluding carboxylic acids is 3. The van der Waals surface area contributed by atoms with E-state index in [1.807, 2.05) is 20.8 Å². The summed E-state index contributed by atoms with van der Waals surface area (Å²) < 4.78 is 0. The van der Waals surface area contributed by atoms with Gasteiger partial charge in [-0.2, -0.15) is 0 Å². The average molecular weight is 402 g/mol. The van der Waals surface area contributed by atoms with E-state index in [-0.39, 0.29) is 11.8 Å². The molecule has 0 spiro atoms. The van der Waals surface area contributed by atoms with Crippen molar-refractivity contribution in [3.63, 3.8) is 0 Å². The zero-order valence-corrected chi connectivity index (χ0v) is 17.2. The molecule has 0 saturated heterocycles. The molecule has 0 aliphatic rings. The largest absolute Gasteiger partial charge is 0.480 e. The van der Waals surface area contributed by atoms with Gasteiger partial charge >= 0.3 is 5.97 Å². The molecule has 162 valence electrons. The van der Waals surface area contributed by atoms with Crippen LogP contribution >= 0.6 is 0 Å².